The molecule has 0 saturated heterocycles. The van der Waals surface area contributed by atoms with Gasteiger partial charge >= 0.3 is 10.1 Å². The SMILES string of the molecule is [BeH2].c1cc[nH]c1. The Labute approximate surface area is 40.6 Å². The van der Waals surface area contributed by atoms with E-state index in [-0.39, 0.29) is 10.1 Å². The fourth-order valence-corrected chi connectivity index (χ4v) is 0.278. The van der Waals surface area contributed by atoms with Crippen molar-refractivity contribution in [3.8, 4) is 0 Å². The molecule has 30 valence electrons. The van der Waals surface area contributed by atoms with Gasteiger partial charge in [-0.15, -0.1) is 0 Å². The molecule has 1 nitrogen and oxygen atoms in total. The van der Waals surface area contributed by atoms with E-state index in [0.717, 1.165) is 0 Å². The van der Waals surface area contributed by atoms with E-state index in [2.05, 4.69) is 4.98 Å². The quantitative estimate of drug-likeness (QED) is 0.423. The molecule has 0 unspecified atom stereocenters. The van der Waals surface area contributed by atoms with Crippen LogP contribution >= 0.6 is 0 Å². The molecule has 0 atom stereocenters. The summed E-state index contributed by atoms with van der Waals surface area (Å²) in [5.74, 6) is 0. The first-order chi connectivity index (χ1) is 2.50. The molecule has 0 amide bonds. The monoisotopic (exact) mass is 78.1 g/mol. The van der Waals surface area contributed by atoms with Crippen LogP contribution in [0.5, 0.6) is 0 Å². The van der Waals surface area contributed by atoms with Crippen molar-refractivity contribution >= 4 is 10.1 Å². The van der Waals surface area contributed by atoms with Gasteiger partial charge in [-0.3, -0.25) is 0 Å². The molecule has 0 fully saturated rings. The fraction of sp³-hybridized carbons (Fsp3) is 0. The molecule has 0 aromatic carbocycles. The Bertz CT molecular complexity index is 64.0. The summed E-state index contributed by atoms with van der Waals surface area (Å²) >= 11 is 0. The van der Waals surface area contributed by atoms with Gasteiger partial charge in [0.05, 0.1) is 0 Å². The second-order valence-electron chi connectivity index (χ2n) is 0.885. The van der Waals surface area contributed by atoms with Crippen molar-refractivity contribution in [2.45, 2.75) is 0 Å². The van der Waals surface area contributed by atoms with Crippen molar-refractivity contribution in [2.75, 3.05) is 0 Å². The molecular weight excluding hydrogens is 71.1 g/mol. The van der Waals surface area contributed by atoms with Crippen LogP contribution in [-0.4, -0.2) is 15.1 Å². The van der Waals surface area contributed by atoms with Gasteiger partial charge < -0.3 is 4.98 Å². The second kappa shape index (κ2) is 2.67. The molecule has 1 aromatic rings. The molecule has 0 aliphatic heterocycles. The summed E-state index contributed by atoms with van der Waals surface area (Å²) in [5.41, 5.74) is 0. The third-order valence-electron chi connectivity index (χ3n) is 0.496. The Morgan fingerprint density at radius 3 is 1.67 bits per heavy atom. The average Bonchev–Trinajstić information content (AvgIpc) is 1.76. The Morgan fingerprint density at radius 1 is 1.00 bits per heavy atom. The van der Waals surface area contributed by atoms with Gasteiger partial charge in [0.1, 0.15) is 0 Å². The minimum Gasteiger partial charge on any atom is -0.368 e. The molecule has 0 saturated carbocycles. The number of aromatic nitrogens is 1. The molecule has 0 aliphatic carbocycles. The zero-order valence-electron chi connectivity index (χ0n) is 2.81. The van der Waals surface area contributed by atoms with Crippen LogP contribution in [-0.2, 0) is 0 Å². The summed E-state index contributed by atoms with van der Waals surface area (Å²) in [5, 5.41) is 0. The van der Waals surface area contributed by atoms with Gasteiger partial charge in [-0.1, -0.05) is 0 Å². The molecule has 6 heavy (non-hydrogen) atoms. The van der Waals surface area contributed by atoms with Crippen molar-refractivity contribution in [3.05, 3.63) is 24.5 Å². The average molecular weight is 78.1 g/mol. The Kier molecular flexibility index (Phi) is 2.43. The zero-order valence-corrected chi connectivity index (χ0v) is 2.81. The number of nitrogens with one attached hydrogen (secondary N) is 1. The van der Waals surface area contributed by atoms with E-state index in [0.29, 0.717) is 0 Å². The van der Waals surface area contributed by atoms with E-state index in [1.165, 1.54) is 0 Å². The van der Waals surface area contributed by atoms with Gasteiger partial charge in [-0.05, 0) is 12.1 Å². The molecule has 2 heteroatoms. The van der Waals surface area contributed by atoms with Gasteiger partial charge in [0.25, 0.3) is 0 Å². The second-order valence-corrected chi connectivity index (χ2v) is 0.885. The van der Waals surface area contributed by atoms with Crippen LogP contribution in [0.1, 0.15) is 0 Å². The maximum Gasteiger partial charge on any atom is 0.000496 e. The van der Waals surface area contributed by atoms with E-state index in [1.807, 2.05) is 24.5 Å². The summed E-state index contributed by atoms with van der Waals surface area (Å²) in [6.45, 7) is 0. The summed E-state index contributed by atoms with van der Waals surface area (Å²) in [7, 11) is 0. The molecule has 1 rings (SSSR count). The van der Waals surface area contributed by atoms with Crippen molar-refractivity contribution in [1.29, 1.82) is 0 Å². The third-order valence-corrected chi connectivity index (χ3v) is 0.496. The molecule has 0 aliphatic rings. The predicted octanol–water partition coefficient (Wildman–Crippen LogP) is 0.0985. The van der Waals surface area contributed by atoms with Crippen LogP contribution in [0.3, 0.4) is 0 Å². The third kappa shape index (κ3) is 1.04. The number of hydrogen-bond donors (Lipinski definition) is 1. The number of aromatic amines is 1. The normalized spacial score (nSPS) is 6.67. The van der Waals surface area contributed by atoms with E-state index >= 15 is 0 Å². The van der Waals surface area contributed by atoms with Crippen molar-refractivity contribution in [2.24, 2.45) is 0 Å². The largest absolute Gasteiger partial charge is 0.368 e. The first kappa shape index (κ1) is 5.45. The van der Waals surface area contributed by atoms with Gasteiger partial charge in [-0.2, -0.15) is 0 Å². The van der Waals surface area contributed by atoms with Crippen LogP contribution in [0.4, 0.5) is 0 Å². The number of H-pyrrole nitrogens is 1. The standard InChI is InChI=1S/C4H5N.Be.2H/c1-2-4-5-3-1;;;/h1-5H;;;. The van der Waals surface area contributed by atoms with E-state index < -0.39 is 0 Å². The maximum atomic E-state index is 2.86. The number of hydrogen-bond acceptors (Lipinski definition) is 0. The van der Waals surface area contributed by atoms with Crippen LogP contribution in [0.25, 0.3) is 0 Å². The minimum absolute atomic E-state index is 0. The van der Waals surface area contributed by atoms with Crippen molar-refractivity contribution in [1.82, 2.24) is 4.98 Å². The zero-order chi connectivity index (χ0) is 3.54. The predicted molar refractivity (Wildman–Crippen MR) is 29.3 cm³/mol. The van der Waals surface area contributed by atoms with Crippen LogP contribution < -0.4 is 0 Å². The topological polar surface area (TPSA) is 15.8 Å². The fourth-order valence-electron chi connectivity index (χ4n) is 0.278. The van der Waals surface area contributed by atoms with Gasteiger partial charge in [0.15, 0.2) is 0 Å². The molecule has 0 radical (unpaired) electrons. The summed E-state index contributed by atoms with van der Waals surface area (Å²) in [4.78, 5) is 2.86. The van der Waals surface area contributed by atoms with Gasteiger partial charge in [-0.25, -0.2) is 0 Å². The Balaban J connectivity index is 0.000000250. The first-order valence-corrected chi connectivity index (χ1v) is 1.58. The summed E-state index contributed by atoms with van der Waals surface area (Å²) in [6, 6.07) is 3.89. The van der Waals surface area contributed by atoms with Gasteiger partial charge in [0.2, 0.25) is 0 Å². The van der Waals surface area contributed by atoms with E-state index in [9.17, 15) is 0 Å². The van der Waals surface area contributed by atoms with Gasteiger partial charge in [0, 0.05) is 12.4 Å². The molecule has 0 bridgehead atoms. The molecular formula is C4H7BeN. The Hall–Kier alpha value is -0.551. The smallest absolute Gasteiger partial charge is 0.000496 e. The first-order valence-electron chi connectivity index (χ1n) is 1.58. The van der Waals surface area contributed by atoms with E-state index in [1.54, 1.807) is 0 Å². The minimum atomic E-state index is 0. The molecule has 1 heterocycles. The summed E-state index contributed by atoms with van der Waals surface area (Å²) in [6.07, 6.45) is 3.75. The van der Waals surface area contributed by atoms with Crippen LogP contribution in [0, 0.1) is 0 Å². The Morgan fingerprint density at radius 2 is 1.50 bits per heavy atom. The number of rotatable bonds is 0. The molecule has 1 aromatic heterocycles. The van der Waals surface area contributed by atoms with Crippen molar-refractivity contribution < 1.29 is 0 Å². The van der Waals surface area contributed by atoms with Crippen molar-refractivity contribution in [3.63, 3.8) is 0 Å². The molecule has 1 N–H and O–H groups in total. The summed E-state index contributed by atoms with van der Waals surface area (Å²) < 4.78 is 0. The van der Waals surface area contributed by atoms with Crippen LogP contribution in [0.15, 0.2) is 24.5 Å². The maximum absolute atomic E-state index is 2.86. The van der Waals surface area contributed by atoms with Crippen LogP contribution in [0.2, 0.25) is 0 Å². The molecule has 0 spiro atoms. The van der Waals surface area contributed by atoms with E-state index in [4.69, 9.17) is 0 Å².